The van der Waals surface area contributed by atoms with Gasteiger partial charge in [-0.2, -0.15) is 0 Å². The maximum Gasteiger partial charge on any atom is 0.113 e. The lowest BCUT2D eigenvalue weighted by atomic mass is 10.2. The van der Waals surface area contributed by atoms with E-state index in [4.69, 9.17) is 5.84 Å². The highest BCUT2D eigenvalue weighted by molar-refractivity contribution is 5.83. The molecule has 0 aromatic rings. The Kier molecular flexibility index (Phi) is 4.05. The summed E-state index contributed by atoms with van der Waals surface area (Å²) < 4.78 is 0. The largest absolute Gasteiger partial charge is 0.312 e. The zero-order valence-electron chi connectivity index (χ0n) is 6.31. The van der Waals surface area contributed by atoms with Crippen LogP contribution in [-0.2, 0) is 0 Å². The van der Waals surface area contributed by atoms with E-state index in [1.165, 1.54) is 0 Å². The molecule has 0 saturated heterocycles. The average Bonchev–Trinajstić information content (AvgIpc) is 1.82. The van der Waals surface area contributed by atoms with E-state index >= 15 is 0 Å². The van der Waals surface area contributed by atoms with Crippen LogP contribution in [0.25, 0.3) is 0 Å². The number of hydrogen-bond acceptors (Lipinski definition) is 2. The van der Waals surface area contributed by atoms with Gasteiger partial charge in [0, 0.05) is 12.5 Å². The van der Waals surface area contributed by atoms with Crippen LogP contribution >= 0.6 is 0 Å². The van der Waals surface area contributed by atoms with Crippen molar-refractivity contribution in [2.75, 3.05) is 6.54 Å². The molecule has 0 bridgehead atoms. The molecule has 0 fully saturated rings. The first-order chi connectivity index (χ1) is 4.22. The summed E-state index contributed by atoms with van der Waals surface area (Å²) in [6, 6.07) is 0. The molecule has 0 atom stereocenters. The zero-order valence-corrected chi connectivity index (χ0v) is 6.31. The predicted molar refractivity (Wildman–Crippen MR) is 40.1 cm³/mol. The Morgan fingerprint density at radius 2 is 2.22 bits per heavy atom. The number of rotatable bonds is 2. The van der Waals surface area contributed by atoms with Crippen LogP contribution in [0, 0.1) is 5.92 Å². The SMILES string of the molecule is CCN=C(NN)C(C)C. The molecule has 3 nitrogen and oxygen atoms in total. The molecular weight excluding hydrogens is 114 g/mol. The normalized spacial score (nSPS) is 12.3. The van der Waals surface area contributed by atoms with Crippen molar-refractivity contribution in [2.45, 2.75) is 20.8 Å². The van der Waals surface area contributed by atoms with Crippen molar-refractivity contribution in [2.24, 2.45) is 16.8 Å². The summed E-state index contributed by atoms with van der Waals surface area (Å²) in [6.45, 7) is 6.88. The maximum atomic E-state index is 5.18. The zero-order chi connectivity index (χ0) is 7.28. The van der Waals surface area contributed by atoms with E-state index in [2.05, 4.69) is 10.4 Å². The Morgan fingerprint density at radius 1 is 1.67 bits per heavy atom. The van der Waals surface area contributed by atoms with Crippen molar-refractivity contribution in [3.05, 3.63) is 0 Å². The lowest BCUT2D eigenvalue weighted by molar-refractivity contribution is 0.802. The maximum absolute atomic E-state index is 5.18. The fraction of sp³-hybridized carbons (Fsp3) is 0.833. The highest BCUT2D eigenvalue weighted by Crippen LogP contribution is 1.91. The van der Waals surface area contributed by atoms with Crippen molar-refractivity contribution in [3.8, 4) is 0 Å². The van der Waals surface area contributed by atoms with Gasteiger partial charge in [-0.15, -0.1) is 0 Å². The third kappa shape index (κ3) is 3.08. The molecule has 0 amide bonds. The van der Waals surface area contributed by atoms with Crippen LogP contribution in [0.3, 0.4) is 0 Å². The van der Waals surface area contributed by atoms with Gasteiger partial charge in [0.1, 0.15) is 5.84 Å². The molecule has 0 heterocycles. The van der Waals surface area contributed by atoms with E-state index in [1.54, 1.807) is 0 Å². The lowest BCUT2D eigenvalue weighted by Gasteiger charge is -2.07. The van der Waals surface area contributed by atoms with Crippen LogP contribution in [0.15, 0.2) is 4.99 Å². The topological polar surface area (TPSA) is 50.4 Å². The van der Waals surface area contributed by atoms with Gasteiger partial charge in [-0.25, -0.2) is 5.84 Å². The number of nitrogens with two attached hydrogens (primary N) is 1. The van der Waals surface area contributed by atoms with Crippen molar-refractivity contribution >= 4 is 5.84 Å². The number of aliphatic imine (C=N–C) groups is 1. The highest BCUT2D eigenvalue weighted by atomic mass is 15.2. The third-order valence-corrected chi connectivity index (χ3v) is 1.02. The summed E-state index contributed by atoms with van der Waals surface area (Å²) >= 11 is 0. The molecule has 0 radical (unpaired) electrons. The van der Waals surface area contributed by atoms with E-state index in [-0.39, 0.29) is 0 Å². The van der Waals surface area contributed by atoms with Gasteiger partial charge in [0.2, 0.25) is 0 Å². The van der Waals surface area contributed by atoms with Gasteiger partial charge in [0.05, 0.1) is 0 Å². The first kappa shape index (κ1) is 8.43. The van der Waals surface area contributed by atoms with Gasteiger partial charge in [0.15, 0.2) is 0 Å². The first-order valence-electron chi connectivity index (χ1n) is 3.23. The molecule has 0 aromatic heterocycles. The third-order valence-electron chi connectivity index (χ3n) is 1.02. The van der Waals surface area contributed by atoms with Crippen molar-refractivity contribution in [1.29, 1.82) is 0 Å². The van der Waals surface area contributed by atoms with Crippen molar-refractivity contribution in [3.63, 3.8) is 0 Å². The molecule has 0 aliphatic rings. The summed E-state index contributed by atoms with van der Waals surface area (Å²) in [7, 11) is 0. The van der Waals surface area contributed by atoms with E-state index in [0.717, 1.165) is 12.4 Å². The lowest BCUT2D eigenvalue weighted by Crippen LogP contribution is -2.34. The minimum Gasteiger partial charge on any atom is -0.312 e. The fourth-order valence-electron chi connectivity index (χ4n) is 0.565. The van der Waals surface area contributed by atoms with Gasteiger partial charge < -0.3 is 5.43 Å². The Bertz CT molecular complexity index is 96.5. The summed E-state index contributed by atoms with van der Waals surface area (Å²) in [5.41, 5.74) is 2.55. The monoisotopic (exact) mass is 129 g/mol. The van der Waals surface area contributed by atoms with Crippen molar-refractivity contribution < 1.29 is 0 Å². The molecule has 9 heavy (non-hydrogen) atoms. The molecule has 3 N–H and O–H groups in total. The molecule has 0 aliphatic carbocycles. The number of nitrogens with one attached hydrogen (secondary N) is 1. The minimum absolute atomic E-state index is 0.398. The number of hydrazine groups is 1. The van der Waals surface area contributed by atoms with E-state index in [0.29, 0.717) is 5.92 Å². The smallest absolute Gasteiger partial charge is 0.113 e. The first-order valence-corrected chi connectivity index (χ1v) is 3.23. The molecule has 0 rings (SSSR count). The summed E-state index contributed by atoms with van der Waals surface area (Å²) in [5, 5.41) is 0. The van der Waals surface area contributed by atoms with Gasteiger partial charge >= 0.3 is 0 Å². The van der Waals surface area contributed by atoms with Crippen LogP contribution < -0.4 is 11.3 Å². The van der Waals surface area contributed by atoms with Gasteiger partial charge in [-0.3, -0.25) is 4.99 Å². The molecule has 0 aromatic carbocycles. The second-order valence-corrected chi connectivity index (χ2v) is 2.16. The number of amidine groups is 1. The number of hydrogen-bond donors (Lipinski definition) is 2. The summed E-state index contributed by atoms with van der Waals surface area (Å²) in [4.78, 5) is 4.12. The fourth-order valence-corrected chi connectivity index (χ4v) is 0.565. The summed E-state index contributed by atoms with van der Waals surface area (Å²) in [5.74, 6) is 6.45. The van der Waals surface area contributed by atoms with Gasteiger partial charge in [-0.05, 0) is 6.92 Å². The average molecular weight is 129 g/mol. The van der Waals surface area contributed by atoms with Crippen LogP contribution in [0.4, 0.5) is 0 Å². The molecule has 0 saturated carbocycles. The van der Waals surface area contributed by atoms with Gasteiger partial charge in [-0.1, -0.05) is 13.8 Å². The minimum atomic E-state index is 0.398. The Hall–Kier alpha value is -0.570. The molecule has 54 valence electrons. The van der Waals surface area contributed by atoms with Crippen LogP contribution in [0.5, 0.6) is 0 Å². The van der Waals surface area contributed by atoms with Gasteiger partial charge in [0.25, 0.3) is 0 Å². The van der Waals surface area contributed by atoms with E-state index in [9.17, 15) is 0 Å². The second kappa shape index (κ2) is 4.32. The van der Waals surface area contributed by atoms with Crippen LogP contribution in [-0.4, -0.2) is 12.4 Å². The molecule has 3 heteroatoms. The molecule has 0 aliphatic heterocycles. The second-order valence-electron chi connectivity index (χ2n) is 2.16. The van der Waals surface area contributed by atoms with E-state index in [1.807, 2.05) is 20.8 Å². The van der Waals surface area contributed by atoms with Crippen LogP contribution in [0.1, 0.15) is 20.8 Å². The molecular formula is C6H15N3. The Labute approximate surface area is 56.3 Å². The number of nitrogens with zero attached hydrogens (tertiary/aromatic N) is 1. The van der Waals surface area contributed by atoms with Crippen molar-refractivity contribution in [1.82, 2.24) is 5.43 Å². The Morgan fingerprint density at radius 3 is 2.33 bits per heavy atom. The predicted octanol–water partition coefficient (Wildman–Crippen LogP) is 0.524. The summed E-state index contributed by atoms with van der Waals surface area (Å²) in [6.07, 6.45) is 0. The molecule has 0 unspecified atom stereocenters. The quantitative estimate of drug-likeness (QED) is 0.247. The molecule has 0 spiro atoms. The highest BCUT2D eigenvalue weighted by Gasteiger charge is 1.99. The van der Waals surface area contributed by atoms with E-state index < -0.39 is 0 Å². The standard InChI is InChI=1S/C6H15N3/c1-4-8-6(9-7)5(2)3/h5H,4,7H2,1-3H3,(H,8,9). The Balaban J connectivity index is 3.81. The van der Waals surface area contributed by atoms with Crippen LogP contribution in [0.2, 0.25) is 0 Å².